The van der Waals surface area contributed by atoms with Gasteiger partial charge in [0.2, 0.25) is 0 Å². The topological polar surface area (TPSA) is 82.0 Å². The Balaban J connectivity index is 2.57. The van der Waals surface area contributed by atoms with Crippen LogP contribution in [0.3, 0.4) is 0 Å². The number of aliphatic hydroxyl groups is 1. The maximum atomic E-state index is 13.8. The standard InChI is InChI=1S/C26H43N2O4P/c1-7-8-9-11-21-17-24(30)26(23-16-20(4)12-13-22(23)19(2)3)25(18-21)32-33(31,28(5)6)27-14-10-15-29/h16-18,22-23,29-30H,2,7-15H2,1,3-6H3,(H,27,31)/t22-,23+,33?/m0/s1. The van der Waals surface area contributed by atoms with Crippen molar-refractivity contribution in [1.82, 2.24) is 9.76 Å². The van der Waals surface area contributed by atoms with Gasteiger partial charge in [0.1, 0.15) is 11.5 Å². The molecule has 2 rings (SSSR count). The zero-order valence-corrected chi connectivity index (χ0v) is 22.0. The Bertz CT molecular complexity index is 881. The Morgan fingerprint density at radius 3 is 2.64 bits per heavy atom. The van der Waals surface area contributed by atoms with E-state index in [9.17, 15) is 9.67 Å². The van der Waals surface area contributed by atoms with E-state index in [1.807, 2.05) is 19.1 Å². The van der Waals surface area contributed by atoms with E-state index >= 15 is 0 Å². The zero-order chi connectivity index (χ0) is 24.6. The molecule has 0 fully saturated rings. The number of hydrogen-bond donors (Lipinski definition) is 3. The summed E-state index contributed by atoms with van der Waals surface area (Å²) in [4.78, 5) is 0. The van der Waals surface area contributed by atoms with Crippen LogP contribution in [0.15, 0.2) is 35.9 Å². The van der Waals surface area contributed by atoms with Gasteiger partial charge in [0, 0.05) is 24.6 Å². The van der Waals surface area contributed by atoms with Crippen LogP contribution in [0.4, 0.5) is 0 Å². The molecule has 1 unspecified atom stereocenters. The summed E-state index contributed by atoms with van der Waals surface area (Å²) in [5.74, 6) is 0.720. The second-order valence-electron chi connectivity index (χ2n) is 9.46. The SMILES string of the molecule is C=C(C)[C@@H]1CCC(C)=C[C@H]1c1c(O)cc(CCCCC)cc1OP(=O)(NCCCO)N(C)C. The minimum absolute atomic E-state index is 0.00577. The van der Waals surface area contributed by atoms with E-state index in [0.717, 1.165) is 49.7 Å². The summed E-state index contributed by atoms with van der Waals surface area (Å²) >= 11 is 0. The summed E-state index contributed by atoms with van der Waals surface area (Å²) in [6.07, 6.45) is 8.69. The van der Waals surface area contributed by atoms with Crippen LogP contribution in [0.25, 0.3) is 0 Å². The highest BCUT2D eigenvalue weighted by molar-refractivity contribution is 7.54. The number of aliphatic hydroxyl groups excluding tert-OH is 1. The lowest BCUT2D eigenvalue weighted by Gasteiger charge is -2.33. The smallest absolute Gasteiger partial charge is 0.392 e. The molecule has 0 saturated carbocycles. The number of allylic oxidation sites excluding steroid dienone is 3. The molecule has 7 heteroatoms. The van der Waals surface area contributed by atoms with Crippen molar-refractivity contribution in [2.75, 3.05) is 27.2 Å². The number of phenols is 1. The first kappa shape index (κ1) is 27.7. The molecule has 0 heterocycles. The summed E-state index contributed by atoms with van der Waals surface area (Å²) in [6, 6.07) is 3.78. The molecule has 186 valence electrons. The molecule has 1 aromatic rings. The Kier molecular flexibility index (Phi) is 10.7. The Labute approximate surface area is 200 Å². The predicted molar refractivity (Wildman–Crippen MR) is 137 cm³/mol. The molecule has 3 N–H and O–H groups in total. The quantitative estimate of drug-likeness (QED) is 0.179. The largest absolute Gasteiger partial charge is 0.507 e. The summed E-state index contributed by atoms with van der Waals surface area (Å²) in [5, 5.41) is 23.4. The fourth-order valence-electron chi connectivity index (χ4n) is 4.40. The van der Waals surface area contributed by atoms with Crippen molar-refractivity contribution in [3.8, 4) is 11.5 Å². The molecule has 0 bridgehead atoms. The first-order valence-electron chi connectivity index (χ1n) is 12.1. The summed E-state index contributed by atoms with van der Waals surface area (Å²) in [7, 11) is -0.0189. The summed E-state index contributed by atoms with van der Waals surface area (Å²) in [6.45, 7) is 10.9. The maximum absolute atomic E-state index is 13.8. The molecule has 1 aromatic carbocycles. The third-order valence-electron chi connectivity index (χ3n) is 6.36. The Morgan fingerprint density at radius 2 is 2.03 bits per heavy atom. The number of aryl methyl sites for hydroxylation is 1. The van der Waals surface area contributed by atoms with Gasteiger partial charge in [-0.15, -0.1) is 0 Å². The average Bonchev–Trinajstić information content (AvgIpc) is 2.73. The molecule has 6 nitrogen and oxygen atoms in total. The van der Waals surface area contributed by atoms with Crippen molar-refractivity contribution in [2.45, 2.75) is 71.6 Å². The molecular formula is C26H43N2O4P. The van der Waals surface area contributed by atoms with Crippen LogP contribution in [-0.2, 0) is 11.0 Å². The molecule has 0 aromatic heterocycles. The number of rotatable bonds is 13. The van der Waals surface area contributed by atoms with Gasteiger partial charge in [-0.05, 0) is 83.7 Å². The molecule has 0 radical (unpaired) electrons. The lowest BCUT2D eigenvalue weighted by atomic mass is 9.73. The van der Waals surface area contributed by atoms with E-state index in [0.29, 0.717) is 24.3 Å². The van der Waals surface area contributed by atoms with Crippen LogP contribution in [0.1, 0.15) is 76.3 Å². The molecule has 1 aliphatic rings. The number of hydrogen-bond acceptors (Lipinski definition) is 4. The molecule has 1 aliphatic carbocycles. The van der Waals surface area contributed by atoms with Crippen LogP contribution < -0.4 is 9.61 Å². The van der Waals surface area contributed by atoms with Gasteiger partial charge in [0.15, 0.2) is 0 Å². The van der Waals surface area contributed by atoms with Gasteiger partial charge in [-0.25, -0.2) is 14.3 Å². The van der Waals surface area contributed by atoms with Crippen LogP contribution in [0.5, 0.6) is 11.5 Å². The molecule has 0 amide bonds. The first-order valence-corrected chi connectivity index (χ1v) is 13.7. The van der Waals surface area contributed by atoms with Gasteiger partial charge in [0.05, 0.1) is 0 Å². The van der Waals surface area contributed by atoms with Gasteiger partial charge in [-0.3, -0.25) is 0 Å². The molecule has 3 atom stereocenters. The van der Waals surface area contributed by atoms with Crippen molar-refractivity contribution >= 4 is 7.67 Å². The summed E-state index contributed by atoms with van der Waals surface area (Å²) < 4.78 is 21.6. The van der Waals surface area contributed by atoms with Crippen LogP contribution in [0.2, 0.25) is 0 Å². The van der Waals surface area contributed by atoms with Gasteiger partial charge in [0.25, 0.3) is 0 Å². The molecule has 0 spiro atoms. The van der Waals surface area contributed by atoms with Crippen molar-refractivity contribution in [3.63, 3.8) is 0 Å². The van der Waals surface area contributed by atoms with Gasteiger partial charge >= 0.3 is 7.67 Å². The highest BCUT2D eigenvalue weighted by atomic mass is 31.2. The van der Waals surface area contributed by atoms with Crippen LogP contribution in [0, 0.1) is 5.92 Å². The zero-order valence-electron chi connectivity index (χ0n) is 21.1. The van der Waals surface area contributed by atoms with Crippen LogP contribution >= 0.6 is 7.67 Å². The lowest BCUT2D eigenvalue weighted by Crippen LogP contribution is -2.27. The minimum atomic E-state index is -3.43. The van der Waals surface area contributed by atoms with Gasteiger partial charge in [-0.1, -0.05) is 43.6 Å². The van der Waals surface area contributed by atoms with Crippen molar-refractivity contribution in [1.29, 1.82) is 0 Å². The Hall–Kier alpha value is -1.59. The number of aromatic hydroxyl groups is 1. The van der Waals surface area contributed by atoms with E-state index in [1.165, 1.54) is 5.57 Å². The average molecular weight is 479 g/mol. The Morgan fingerprint density at radius 1 is 1.30 bits per heavy atom. The van der Waals surface area contributed by atoms with E-state index in [2.05, 4.69) is 31.6 Å². The fourth-order valence-corrected chi connectivity index (χ4v) is 5.76. The van der Waals surface area contributed by atoms with Gasteiger partial charge in [-0.2, -0.15) is 0 Å². The number of nitrogens with one attached hydrogen (secondary N) is 1. The maximum Gasteiger partial charge on any atom is 0.392 e. The van der Waals surface area contributed by atoms with Crippen molar-refractivity contribution in [3.05, 3.63) is 47.1 Å². The number of unbranched alkanes of at least 4 members (excludes halogenated alkanes) is 2. The highest BCUT2D eigenvalue weighted by Gasteiger charge is 2.34. The molecule has 0 aliphatic heterocycles. The lowest BCUT2D eigenvalue weighted by molar-refractivity contribution is 0.287. The second-order valence-corrected chi connectivity index (χ2v) is 11.8. The number of benzene rings is 1. The third kappa shape index (κ3) is 7.45. The third-order valence-corrected chi connectivity index (χ3v) is 8.48. The van der Waals surface area contributed by atoms with E-state index in [1.54, 1.807) is 18.8 Å². The predicted octanol–water partition coefficient (Wildman–Crippen LogP) is 6.16. The highest BCUT2D eigenvalue weighted by Crippen LogP contribution is 2.52. The van der Waals surface area contributed by atoms with Crippen LogP contribution in [-0.4, -0.2) is 42.1 Å². The van der Waals surface area contributed by atoms with Gasteiger partial charge < -0.3 is 14.7 Å². The number of nitrogens with zero attached hydrogens (tertiary/aromatic N) is 1. The van der Waals surface area contributed by atoms with E-state index in [4.69, 9.17) is 9.63 Å². The normalized spacial score (nSPS) is 20.4. The van der Waals surface area contributed by atoms with Crippen molar-refractivity contribution < 1.29 is 19.3 Å². The monoisotopic (exact) mass is 478 g/mol. The first-order chi connectivity index (χ1) is 15.6. The molecular weight excluding hydrogens is 435 g/mol. The van der Waals surface area contributed by atoms with E-state index < -0.39 is 7.67 Å². The fraction of sp³-hybridized carbons (Fsp3) is 0.615. The number of phenolic OH excluding ortho intramolecular Hbond substituents is 1. The molecule has 33 heavy (non-hydrogen) atoms. The molecule has 0 saturated heterocycles. The van der Waals surface area contributed by atoms with Crippen molar-refractivity contribution in [2.24, 2.45) is 5.92 Å². The van der Waals surface area contributed by atoms with E-state index in [-0.39, 0.29) is 24.2 Å². The minimum Gasteiger partial charge on any atom is -0.507 e. The second kappa shape index (κ2) is 12.8. The summed E-state index contributed by atoms with van der Waals surface area (Å²) in [5.41, 5.74) is 3.99.